The number of amides is 1. The molecule has 0 saturated heterocycles. The summed E-state index contributed by atoms with van der Waals surface area (Å²) in [5.74, 6) is 0.671. The van der Waals surface area contributed by atoms with E-state index in [4.69, 9.17) is 21.1 Å². The highest BCUT2D eigenvalue weighted by atomic mass is 35.5. The Balaban J connectivity index is 1.90. The maximum atomic E-state index is 13.4. The molecule has 0 saturated carbocycles. The number of nitrogens with zero attached hydrogens (tertiary/aromatic N) is 1. The lowest BCUT2D eigenvalue weighted by Crippen LogP contribution is -2.40. The first-order valence-corrected chi connectivity index (χ1v) is 12.3. The molecule has 0 spiro atoms. The maximum Gasteiger partial charge on any atom is 0.278 e. The fourth-order valence-electron chi connectivity index (χ4n) is 3.13. The van der Waals surface area contributed by atoms with Gasteiger partial charge in [-0.2, -0.15) is 4.31 Å². The molecule has 0 heterocycles. The van der Waals surface area contributed by atoms with Gasteiger partial charge in [-0.25, -0.2) is 8.42 Å². The molecule has 0 radical (unpaired) electrons. The lowest BCUT2D eigenvalue weighted by Gasteiger charge is -2.23. The van der Waals surface area contributed by atoms with Crippen molar-refractivity contribution in [2.24, 2.45) is 0 Å². The molecule has 0 atom stereocenters. The molecule has 1 amide bonds. The highest BCUT2D eigenvalue weighted by Gasteiger charge is 2.31. The van der Waals surface area contributed by atoms with Gasteiger partial charge in [0.25, 0.3) is 15.9 Å². The minimum absolute atomic E-state index is 0.0598. The highest BCUT2D eigenvalue weighted by molar-refractivity contribution is 7.93. The van der Waals surface area contributed by atoms with Gasteiger partial charge in [-0.15, -0.1) is 0 Å². The largest absolute Gasteiger partial charge is 0.494 e. The van der Waals surface area contributed by atoms with Crippen molar-refractivity contribution in [2.45, 2.75) is 31.6 Å². The van der Waals surface area contributed by atoms with Crippen LogP contribution in [0.15, 0.2) is 77.7 Å². The van der Waals surface area contributed by atoms with Gasteiger partial charge in [0.1, 0.15) is 11.5 Å². The molecule has 174 valence electrons. The predicted octanol–water partition coefficient (Wildman–Crippen LogP) is 5.66. The van der Waals surface area contributed by atoms with Gasteiger partial charge in [0.15, 0.2) is 6.61 Å². The summed E-state index contributed by atoms with van der Waals surface area (Å²) in [6, 6.07) is 19.3. The second-order valence-corrected chi connectivity index (χ2v) is 9.78. The molecule has 0 aliphatic heterocycles. The van der Waals surface area contributed by atoms with Crippen LogP contribution in [0.4, 0.5) is 5.69 Å². The van der Waals surface area contributed by atoms with E-state index in [1.807, 2.05) is 19.1 Å². The second kappa shape index (κ2) is 10.7. The van der Waals surface area contributed by atoms with Crippen molar-refractivity contribution in [2.75, 3.05) is 17.5 Å². The number of carbonyl (C=O) groups is 1. The SMILES string of the molecule is CCOc1ccc(N(C(=O)COc2ccc(C(C)C)cc2)S(=O)(=O)c2ccc(Cl)cc2)cc1. The summed E-state index contributed by atoms with van der Waals surface area (Å²) in [6.07, 6.45) is 0. The molecular weight excluding hydrogens is 462 g/mol. The van der Waals surface area contributed by atoms with Gasteiger partial charge in [0.2, 0.25) is 0 Å². The zero-order valence-electron chi connectivity index (χ0n) is 18.7. The molecule has 33 heavy (non-hydrogen) atoms. The zero-order valence-corrected chi connectivity index (χ0v) is 20.3. The molecule has 3 rings (SSSR count). The Hall–Kier alpha value is -3.03. The summed E-state index contributed by atoms with van der Waals surface area (Å²) in [7, 11) is -4.21. The average Bonchev–Trinajstić information content (AvgIpc) is 2.79. The topological polar surface area (TPSA) is 72.9 Å². The van der Waals surface area contributed by atoms with Gasteiger partial charge >= 0.3 is 0 Å². The fourth-order valence-corrected chi connectivity index (χ4v) is 4.66. The summed E-state index contributed by atoms with van der Waals surface area (Å²) < 4.78 is 38.6. The van der Waals surface area contributed by atoms with Gasteiger partial charge in [0, 0.05) is 5.02 Å². The number of rotatable bonds is 9. The number of hydrogen-bond donors (Lipinski definition) is 0. The summed E-state index contributed by atoms with van der Waals surface area (Å²) in [4.78, 5) is 13.1. The van der Waals surface area contributed by atoms with E-state index in [0.717, 1.165) is 9.87 Å². The van der Waals surface area contributed by atoms with Gasteiger partial charge in [-0.1, -0.05) is 37.6 Å². The molecule has 0 aromatic heterocycles. The number of carbonyl (C=O) groups excluding carboxylic acids is 1. The van der Waals surface area contributed by atoms with Crippen molar-refractivity contribution in [3.8, 4) is 11.5 Å². The molecule has 0 fully saturated rings. The lowest BCUT2D eigenvalue weighted by atomic mass is 10.0. The molecule has 3 aromatic rings. The van der Waals surface area contributed by atoms with E-state index >= 15 is 0 Å². The first kappa shape index (κ1) is 24.6. The Labute approximate surface area is 199 Å². The van der Waals surface area contributed by atoms with E-state index in [0.29, 0.717) is 29.0 Å². The Morgan fingerprint density at radius 1 is 0.879 bits per heavy atom. The van der Waals surface area contributed by atoms with Crippen LogP contribution in [-0.4, -0.2) is 27.5 Å². The minimum atomic E-state index is -4.21. The summed E-state index contributed by atoms with van der Waals surface area (Å²) in [5, 5.41) is 0.390. The maximum absolute atomic E-state index is 13.4. The van der Waals surface area contributed by atoms with Crippen LogP contribution in [-0.2, 0) is 14.8 Å². The number of benzene rings is 3. The normalized spacial score (nSPS) is 11.3. The van der Waals surface area contributed by atoms with Crippen molar-refractivity contribution in [1.82, 2.24) is 0 Å². The quantitative estimate of drug-likeness (QED) is 0.389. The van der Waals surface area contributed by atoms with E-state index in [2.05, 4.69) is 13.8 Å². The third kappa shape index (κ3) is 6.06. The van der Waals surface area contributed by atoms with Crippen LogP contribution < -0.4 is 13.8 Å². The molecule has 0 N–H and O–H groups in total. The van der Waals surface area contributed by atoms with Crippen LogP contribution in [0.3, 0.4) is 0 Å². The van der Waals surface area contributed by atoms with E-state index in [-0.39, 0.29) is 10.6 Å². The van der Waals surface area contributed by atoms with E-state index in [9.17, 15) is 13.2 Å². The van der Waals surface area contributed by atoms with Gasteiger partial charge < -0.3 is 9.47 Å². The molecule has 6 nitrogen and oxygen atoms in total. The van der Waals surface area contributed by atoms with Crippen molar-refractivity contribution in [3.05, 3.63) is 83.4 Å². The third-order valence-corrected chi connectivity index (χ3v) is 6.88. The van der Waals surface area contributed by atoms with Crippen molar-refractivity contribution in [3.63, 3.8) is 0 Å². The van der Waals surface area contributed by atoms with Crippen LogP contribution in [0, 0.1) is 0 Å². The first-order chi connectivity index (χ1) is 15.7. The molecule has 0 aliphatic rings. The fraction of sp³-hybridized carbons (Fsp3) is 0.240. The molecule has 8 heteroatoms. The van der Waals surface area contributed by atoms with Crippen LogP contribution in [0.2, 0.25) is 5.02 Å². The number of hydrogen-bond acceptors (Lipinski definition) is 5. The van der Waals surface area contributed by atoms with E-state index in [1.165, 1.54) is 36.4 Å². The van der Waals surface area contributed by atoms with Crippen LogP contribution in [0.5, 0.6) is 11.5 Å². The smallest absolute Gasteiger partial charge is 0.278 e. The number of halogens is 1. The molecule has 0 aliphatic carbocycles. The molecular formula is C25H26ClNO5S. The third-order valence-electron chi connectivity index (χ3n) is 4.87. The Morgan fingerprint density at radius 2 is 1.42 bits per heavy atom. The first-order valence-electron chi connectivity index (χ1n) is 10.5. The van der Waals surface area contributed by atoms with Crippen LogP contribution >= 0.6 is 11.6 Å². The van der Waals surface area contributed by atoms with E-state index in [1.54, 1.807) is 24.3 Å². The minimum Gasteiger partial charge on any atom is -0.494 e. The van der Waals surface area contributed by atoms with E-state index < -0.39 is 22.5 Å². The van der Waals surface area contributed by atoms with Crippen LogP contribution in [0.25, 0.3) is 0 Å². The van der Waals surface area contributed by atoms with Crippen molar-refractivity contribution in [1.29, 1.82) is 0 Å². The molecule has 3 aromatic carbocycles. The summed E-state index contributed by atoms with van der Waals surface area (Å²) in [6.45, 7) is 6.01. The summed E-state index contributed by atoms with van der Waals surface area (Å²) >= 11 is 5.91. The summed E-state index contributed by atoms with van der Waals surface area (Å²) in [5.41, 5.74) is 1.31. The van der Waals surface area contributed by atoms with Crippen molar-refractivity contribution >= 4 is 33.2 Å². The average molecular weight is 488 g/mol. The Bertz CT molecular complexity index is 1170. The number of anilines is 1. The van der Waals surface area contributed by atoms with Crippen molar-refractivity contribution < 1.29 is 22.7 Å². The lowest BCUT2D eigenvalue weighted by molar-refractivity contribution is -0.119. The molecule has 0 bridgehead atoms. The Morgan fingerprint density at radius 3 is 1.97 bits per heavy atom. The monoisotopic (exact) mass is 487 g/mol. The number of ether oxygens (including phenoxy) is 2. The second-order valence-electron chi connectivity index (χ2n) is 7.56. The number of sulfonamides is 1. The standard InChI is InChI=1S/C25H26ClNO5S/c1-4-31-22-13-9-21(10-14-22)27(33(29,30)24-15-7-20(26)8-16-24)25(28)17-32-23-11-5-19(6-12-23)18(2)3/h5-16,18H,4,17H2,1-3H3. The highest BCUT2D eigenvalue weighted by Crippen LogP contribution is 2.27. The zero-order chi connectivity index (χ0) is 24.0. The van der Waals surface area contributed by atoms with Gasteiger partial charge in [0.05, 0.1) is 17.2 Å². The predicted molar refractivity (Wildman–Crippen MR) is 130 cm³/mol. The van der Waals surface area contributed by atoms with Gasteiger partial charge in [-0.05, 0) is 79.1 Å². The van der Waals surface area contributed by atoms with Crippen LogP contribution in [0.1, 0.15) is 32.3 Å². The molecule has 0 unspecified atom stereocenters. The van der Waals surface area contributed by atoms with Gasteiger partial charge in [-0.3, -0.25) is 4.79 Å². The Kier molecular flexibility index (Phi) is 8.00.